The summed E-state index contributed by atoms with van der Waals surface area (Å²) in [4.78, 5) is 28.2. The van der Waals surface area contributed by atoms with Gasteiger partial charge in [0.05, 0.1) is 10.6 Å². The number of aryl methyl sites for hydroxylation is 2. The van der Waals surface area contributed by atoms with Crippen LogP contribution < -0.4 is 9.62 Å². The molecule has 3 aromatic carbocycles. The Kier molecular flexibility index (Phi) is 10.2. The maximum absolute atomic E-state index is 14.6. The van der Waals surface area contributed by atoms with Gasteiger partial charge in [-0.15, -0.1) is 0 Å². The van der Waals surface area contributed by atoms with Crippen LogP contribution in [0.3, 0.4) is 0 Å². The lowest BCUT2D eigenvalue weighted by atomic mass is 10.1. The molecular weight excluding hydrogens is 517 g/mol. The molecule has 2 amide bonds. The summed E-state index contributed by atoms with van der Waals surface area (Å²) in [7, 11) is -4.16. The predicted molar refractivity (Wildman–Crippen MR) is 151 cm³/mol. The van der Waals surface area contributed by atoms with Crippen LogP contribution in [0.4, 0.5) is 10.1 Å². The van der Waals surface area contributed by atoms with Gasteiger partial charge >= 0.3 is 0 Å². The van der Waals surface area contributed by atoms with Gasteiger partial charge in [0.25, 0.3) is 10.0 Å². The fourth-order valence-corrected chi connectivity index (χ4v) is 5.64. The van der Waals surface area contributed by atoms with Crippen molar-refractivity contribution in [2.45, 2.75) is 58.0 Å². The van der Waals surface area contributed by atoms with Gasteiger partial charge in [-0.2, -0.15) is 0 Å². The third kappa shape index (κ3) is 7.44. The topological polar surface area (TPSA) is 86.8 Å². The number of hydrogen-bond acceptors (Lipinski definition) is 4. The molecule has 0 fully saturated rings. The largest absolute Gasteiger partial charge is 0.354 e. The number of unbranched alkanes of at least 4 members (excludes halogenated alkanes) is 1. The summed E-state index contributed by atoms with van der Waals surface area (Å²) in [6, 6.07) is 18.3. The van der Waals surface area contributed by atoms with Crippen molar-refractivity contribution in [1.29, 1.82) is 0 Å². The number of carbonyl (C=O) groups is 2. The van der Waals surface area contributed by atoms with E-state index in [1.165, 1.54) is 23.1 Å². The minimum Gasteiger partial charge on any atom is -0.354 e. The summed E-state index contributed by atoms with van der Waals surface area (Å²) in [5.41, 5.74) is 2.07. The van der Waals surface area contributed by atoms with Gasteiger partial charge in [-0.05, 0) is 62.6 Å². The molecule has 0 bridgehead atoms. The fraction of sp³-hybridized carbons (Fsp3) is 0.333. The second-order valence-electron chi connectivity index (χ2n) is 9.55. The molecule has 1 atom stereocenters. The molecule has 3 aromatic rings. The van der Waals surface area contributed by atoms with Gasteiger partial charge in [0.15, 0.2) is 0 Å². The number of anilines is 1. The number of hydrogen-bond donors (Lipinski definition) is 1. The number of halogens is 1. The molecule has 0 aliphatic heterocycles. The molecule has 9 heteroatoms. The van der Waals surface area contributed by atoms with E-state index in [1.54, 1.807) is 62.4 Å². The Morgan fingerprint density at radius 1 is 0.974 bits per heavy atom. The average molecular weight is 554 g/mol. The van der Waals surface area contributed by atoms with Gasteiger partial charge in [-0.1, -0.05) is 61.9 Å². The third-order valence-electron chi connectivity index (χ3n) is 6.54. The number of amides is 2. The third-order valence-corrected chi connectivity index (χ3v) is 8.31. The molecule has 39 heavy (non-hydrogen) atoms. The van der Waals surface area contributed by atoms with E-state index in [-0.39, 0.29) is 17.0 Å². The summed E-state index contributed by atoms with van der Waals surface area (Å²) in [5, 5.41) is 2.82. The van der Waals surface area contributed by atoms with Gasteiger partial charge in [-0.25, -0.2) is 12.8 Å². The van der Waals surface area contributed by atoms with Crippen molar-refractivity contribution in [3.63, 3.8) is 0 Å². The molecule has 0 aliphatic carbocycles. The second-order valence-corrected chi connectivity index (χ2v) is 11.4. The van der Waals surface area contributed by atoms with Crippen LogP contribution in [0.1, 0.15) is 43.4 Å². The van der Waals surface area contributed by atoms with E-state index in [0.29, 0.717) is 17.8 Å². The number of benzene rings is 3. The fourth-order valence-electron chi connectivity index (χ4n) is 4.15. The van der Waals surface area contributed by atoms with E-state index in [4.69, 9.17) is 0 Å². The zero-order chi connectivity index (χ0) is 28.6. The summed E-state index contributed by atoms with van der Waals surface area (Å²) in [6.45, 7) is 6.85. The minimum absolute atomic E-state index is 0.0321. The van der Waals surface area contributed by atoms with Crippen LogP contribution in [-0.2, 0) is 26.2 Å². The standard InChI is InChI=1S/C30H36FN3O4S/c1-5-6-18-32-30(36)24(4)33(20-25-12-10-11-15-27(25)31)29(35)21-34(28-19-22(2)16-17-23(28)3)39(37,38)26-13-8-7-9-14-26/h7-17,19,24H,5-6,18,20-21H2,1-4H3,(H,32,36)/t24-/m0/s1. The van der Waals surface area contributed by atoms with Gasteiger partial charge in [-0.3, -0.25) is 13.9 Å². The Balaban J connectivity index is 2.04. The Hall–Kier alpha value is -3.72. The number of nitrogens with zero attached hydrogens (tertiary/aromatic N) is 2. The molecule has 0 aliphatic rings. The summed E-state index contributed by atoms with van der Waals surface area (Å²) < 4.78 is 43.4. The molecule has 0 saturated heterocycles. The Morgan fingerprint density at radius 2 is 1.64 bits per heavy atom. The quantitative estimate of drug-likeness (QED) is 0.321. The minimum atomic E-state index is -4.16. The Bertz CT molecular complexity index is 1400. The number of rotatable bonds is 12. The molecular formula is C30H36FN3O4S. The second kappa shape index (κ2) is 13.4. The lowest BCUT2D eigenvalue weighted by molar-refractivity contribution is -0.139. The highest BCUT2D eigenvalue weighted by atomic mass is 32.2. The molecule has 0 saturated carbocycles. The van der Waals surface area contributed by atoms with E-state index in [1.807, 2.05) is 19.9 Å². The van der Waals surface area contributed by atoms with Crippen LogP contribution >= 0.6 is 0 Å². The summed E-state index contributed by atoms with van der Waals surface area (Å²) in [6.07, 6.45) is 1.66. The first-order valence-electron chi connectivity index (χ1n) is 13.0. The van der Waals surface area contributed by atoms with Crippen molar-refractivity contribution in [3.8, 4) is 0 Å². The Morgan fingerprint density at radius 3 is 2.31 bits per heavy atom. The first kappa shape index (κ1) is 29.8. The highest BCUT2D eigenvalue weighted by Crippen LogP contribution is 2.28. The van der Waals surface area contributed by atoms with E-state index in [0.717, 1.165) is 22.7 Å². The van der Waals surface area contributed by atoms with Crippen molar-refractivity contribution < 1.29 is 22.4 Å². The van der Waals surface area contributed by atoms with Crippen molar-refractivity contribution in [2.24, 2.45) is 0 Å². The number of carbonyl (C=O) groups excluding carboxylic acids is 2. The van der Waals surface area contributed by atoms with Crippen molar-refractivity contribution in [2.75, 3.05) is 17.4 Å². The molecule has 0 spiro atoms. The molecule has 208 valence electrons. The highest BCUT2D eigenvalue weighted by molar-refractivity contribution is 7.92. The van der Waals surface area contributed by atoms with Crippen LogP contribution in [0, 0.1) is 19.7 Å². The maximum atomic E-state index is 14.6. The number of nitrogens with one attached hydrogen (secondary N) is 1. The van der Waals surface area contributed by atoms with Gasteiger partial charge < -0.3 is 10.2 Å². The van der Waals surface area contributed by atoms with Crippen LogP contribution in [-0.4, -0.2) is 44.3 Å². The lowest BCUT2D eigenvalue weighted by Gasteiger charge is -2.32. The van der Waals surface area contributed by atoms with E-state index >= 15 is 0 Å². The van der Waals surface area contributed by atoms with Crippen LogP contribution in [0.15, 0.2) is 77.7 Å². The zero-order valence-electron chi connectivity index (χ0n) is 22.9. The smallest absolute Gasteiger partial charge is 0.264 e. The van der Waals surface area contributed by atoms with Gasteiger partial charge in [0.2, 0.25) is 11.8 Å². The normalized spacial score (nSPS) is 12.0. The van der Waals surface area contributed by atoms with Crippen LogP contribution in [0.5, 0.6) is 0 Å². The van der Waals surface area contributed by atoms with Crippen LogP contribution in [0.2, 0.25) is 0 Å². The Labute approximate surface area is 230 Å². The van der Waals surface area contributed by atoms with Gasteiger partial charge in [0, 0.05) is 18.7 Å². The SMILES string of the molecule is CCCCNC(=O)[C@H](C)N(Cc1ccccc1F)C(=O)CN(c1cc(C)ccc1C)S(=O)(=O)c1ccccc1. The molecule has 7 nitrogen and oxygen atoms in total. The lowest BCUT2D eigenvalue weighted by Crippen LogP contribution is -2.51. The predicted octanol–water partition coefficient (Wildman–Crippen LogP) is 4.97. The first-order valence-corrected chi connectivity index (χ1v) is 14.5. The maximum Gasteiger partial charge on any atom is 0.264 e. The molecule has 0 heterocycles. The molecule has 0 unspecified atom stereocenters. The molecule has 0 aromatic heterocycles. The van der Waals surface area contributed by atoms with E-state index < -0.39 is 40.2 Å². The molecule has 1 N–H and O–H groups in total. The van der Waals surface area contributed by atoms with Crippen molar-refractivity contribution >= 4 is 27.5 Å². The summed E-state index contributed by atoms with van der Waals surface area (Å²) in [5.74, 6) is -1.54. The highest BCUT2D eigenvalue weighted by Gasteiger charge is 2.33. The van der Waals surface area contributed by atoms with E-state index in [2.05, 4.69) is 5.32 Å². The monoisotopic (exact) mass is 553 g/mol. The van der Waals surface area contributed by atoms with Gasteiger partial charge in [0.1, 0.15) is 18.4 Å². The molecule has 3 rings (SSSR count). The van der Waals surface area contributed by atoms with Crippen molar-refractivity contribution in [3.05, 3.63) is 95.3 Å². The summed E-state index contributed by atoms with van der Waals surface area (Å²) >= 11 is 0. The zero-order valence-corrected chi connectivity index (χ0v) is 23.7. The number of sulfonamides is 1. The average Bonchev–Trinajstić information content (AvgIpc) is 2.92. The van der Waals surface area contributed by atoms with Crippen molar-refractivity contribution in [1.82, 2.24) is 10.2 Å². The van der Waals surface area contributed by atoms with E-state index in [9.17, 15) is 22.4 Å². The van der Waals surface area contributed by atoms with Crippen LogP contribution in [0.25, 0.3) is 0 Å². The molecule has 0 radical (unpaired) electrons. The first-order chi connectivity index (χ1) is 18.6.